The molecule has 2 aliphatic heterocycles. The molecule has 0 aliphatic carbocycles. The van der Waals surface area contributed by atoms with Crippen LogP contribution in [0, 0.1) is 22.9 Å². The van der Waals surface area contributed by atoms with Crippen molar-refractivity contribution in [1.29, 1.82) is 0 Å². The van der Waals surface area contributed by atoms with Gasteiger partial charge >= 0.3 is 6.03 Å². The fraction of sp³-hybridized carbons (Fsp3) is 0.231. The molecule has 35 heavy (non-hydrogen) atoms. The van der Waals surface area contributed by atoms with E-state index in [2.05, 4.69) is 5.32 Å². The fourth-order valence-corrected chi connectivity index (χ4v) is 5.13. The normalized spacial score (nSPS) is 19.0. The first-order valence-corrected chi connectivity index (χ1v) is 11.5. The first-order chi connectivity index (χ1) is 16.8. The first kappa shape index (κ1) is 23.2. The molecule has 3 aromatic rings. The molecule has 1 unspecified atom stereocenters. The second-order valence-corrected chi connectivity index (χ2v) is 9.24. The van der Waals surface area contributed by atoms with Crippen molar-refractivity contribution in [1.82, 2.24) is 4.90 Å². The standard InChI is InChI=1S/C26H21ClF3N3O2/c27-17-3-1-16(2-4-17)23-26(24(34)33(23)20-8-5-18(28)6-9-20)11-13-32(14-12-26)25(35)31-19-7-10-21(29)22(30)15-19/h1-10,15,23H,11-14H2,(H,31,35). The number of benzene rings is 3. The topological polar surface area (TPSA) is 52.7 Å². The molecule has 3 amide bonds. The maximum Gasteiger partial charge on any atom is 0.321 e. The summed E-state index contributed by atoms with van der Waals surface area (Å²) in [5.41, 5.74) is 0.926. The fourth-order valence-electron chi connectivity index (χ4n) is 5.01. The average Bonchev–Trinajstić information content (AvgIpc) is 2.86. The second-order valence-electron chi connectivity index (χ2n) is 8.81. The molecule has 2 aliphatic rings. The van der Waals surface area contributed by atoms with Crippen molar-refractivity contribution in [3.05, 3.63) is 94.8 Å². The molecule has 2 saturated heterocycles. The second kappa shape index (κ2) is 8.92. The van der Waals surface area contributed by atoms with E-state index in [1.54, 1.807) is 34.1 Å². The number of β-lactam (4-membered cyclic amide) rings is 1. The summed E-state index contributed by atoms with van der Waals surface area (Å²) in [6, 6.07) is 15.5. The summed E-state index contributed by atoms with van der Waals surface area (Å²) >= 11 is 6.08. The lowest BCUT2D eigenvalue weighted by molar-refractivity contribution is -0.144. The van der Waals surface area contributed by atoms with E-state index in [1.165, 1.54) is 18.2 Å². The van der Waals surface area contributed by atoms with Crippen LogP contribution in [0.2, 0.25) is 5.02 Å². The van der Waals surface area contributed by atoms with E-state index in [0.717, 1.165) is 17.7 Å². The molecule has 0 bridgehead atoms. The zero-order chi connectivity index (χ0) is 24.7. The highest BCUT2D eigenvalue weighted by molar-refractivity contribution is 6.30. The van der Waals surface area contributed by atoms with Crippen LogP contribution in [0.25, 0.3) is 0 Å². The lowest BCUT2D eigenvalue weighted by Crippen LogP contribution is -2.67. The van der Waals surface area contributed by atoms with Crippen molar-refractivity contribution in [2.24, 2.45) is 5.41 Å². The van der Waals surface area contributed by atoms with Crippen molar-refractivity contribution >= 4 is 34.9 Å². The van der Waals surface area contributed by atoms with Gasteiger partial charge in [0.05, 0.1) is 11.5 Å². The van der Waals surface area contributed by atoms with Crippen LogP contribution < -0.4 is 10.2 Å². The number of nitrogens with one attached hydrogen (secondary N) is 1. The van der Waals surface area contributed by atoms with Crippen LogP contribution in [0.4, 0.5) is 29.3 Å². The summed E-state index contributed by atoms with van der Waals surface area (Å²) in [6.07, 6.45) is 0.837. The maximum atomic E-state index is 13.5. The molecule has 2 fully saturated rings. The van der Waals surface area contributed by atoms with Crippen LogP contribution in [-0.4, -0.2) is 29.9 Å². The van der Waals surface area contributed by atoms with E-state index in [1.807, 2.05) is 12.1 Å². The number of piperidine rings is 1. The Kier molecular flexibility index (Phi) is 5.92. The number of carbonyl (C=O) groups is 2. The highest BCUT2D eigenvalue weighted by Gasteiger charge is 2.62. The number of halogens is 4. The highest BCUT2D eigenvalue weighted by Crippen LogP contribution is 2.57. The average molecular weight is 500 g/mol. The molecule has 1 N–H and O–H groups in total. The third kappa shape index (κ3) is 4.12. The molecule has 5 rings (SSSR count). The number of urea groups is 1. The van der Waals surface area contributed by atoms with E-state index in [9.17, 15) is 22.8 Å². The summed E-state index contributed by atoms with van der Waals surface area (Å²) in [7, 11) is 0. The maximum absolute atomic E-state index is 13.5. The van der Waals surface area contributed by atoms with Crippen molar-refractivity contribution < 1.29 is 22.8 Å². The van der Waals surface area contributed by atoms with Crippen molar-refractivity contribution in [3.63, 3.8) is 0 Å². The van der Waals surface area contributed by atoms with Crippen LogP contribution in [0.3, 0.4) is 0 Å². The van der Waals surface area contributed by atoms with Gasteiger partial charge in [-0.05, 0) is 66.9 Å². The predicted molar refractivity (Wildman–Crippen MR) is 127 cm³/mol. The van der Waals surface area contributed by atoms with Crippen LogP contribution >= 0.6 is 11.6 Å². The molecule has 180 valence electrons. The van der Waals surface area contributed by atoms with Crippen LogP contribution in [0.15, 0.2) is 66.7 Å². The third-order valence-corrected chi connectivity index (χ3v) is 7.08. The Morgan fingerprint density at radius 2 is 1.57 bits per heavy atom. The van der Waals surface area contributed by atoms with E-state index < -0.39 is 23.1 Å². The largest absolute Gasteiger partial charge is 0.324 e. The van der Waals surface area contributed by atoms with E-state index in [0.29, 0.717) is 36.6 Å². The van der Waals surface area contributed by atoms with Crippen molar-refractivity contribution in [2.75, 3.05) is 23.3 Å². The summed E-state index contributed by atoms with van der Waals surface area (Å²) < 4.78 is 40.2. The molecule has 3 aromatic carbocycles. The van der Waals surface area contributed by atoms with Crippen molar-refractivity contribution in [2.45, 2.75) is 18.9 Å². The van der Waals surface area contributed by atoms with Gasteiger partial charge in [0.15, 0.2) is 11.6 Å². The number of anilines is 2. The number of amides is 3. The monoisotopic (exact) mass is 499 g/mol. The molecule has 0 saturated carbocycles. The number of nitrogens with zero attached hydrogens (tertiary/aromatic N) is 2. The Labute approximate surface area is 205 Å². The Morgan fingerprint density at radius 1 is 0.914 bits per heavy atom. The van der Waals surface area contributed by atoms with Gasteiger partial charge in [-0.3, -0.25) is 4.79 Å². The molecule has 5 nitrogen and oxygen atoms in total. The number of carbonyl (C=O) groups excluding carboxylic acids is 2. The number of likely N-dealkylation sites (tertiary alicyclic amines) is 1. The Hall–Kier alpha value is -3.52. The lowest BCUT2D eigenvalue weighted by atomic mass is 9.62. The van der Waals surface area contributed by atoms with E-state index in [4.69, 9.17) is 11.6 Å². The molecule has 9 heteroatoms. The minimum Gasteiger partial charge on any atom is -0.324 e. The molecule has 0 aromatic heterocycles. The summed E-state index contributed by atoms with van der Waals surface area (Å²) in [4.78, 5) is 29.5. The Balaban J connectivity index is 1.36. The van der Waals surface area contributed by atoms with Crippen LogP contribution in [0.5, 0.6) is 0 Å². The Morgan fingerprint density at radius 3 is 2.20 bits per heavy atom. The molecule has 1 atom stereocenters. The minimum atomic E-state index is -1.05. The van der Waals surface area contributed by atoms with Crippen molar-refractivity contribution in [3.8, 4) is 0 Å². The summed E-state index contributed by atoms with van der Waals surface area (Å²) in [5, 5.41) is 3.15. The van der Waals surface area contributed by atoms with E-state index >= 15 is 0 Å². The van der Waals surface area contributed by atoms with Gasteiger partial charge in [-0.15, -0.1) is 0 Å². The Bertz CT molecular complexity index is 1280. The van der Waals surface area contributed by atoms with Gasteiger partial charge in [-0.25, -0.2) is 18.0 Å². The van der Waals surface area contributed by atoms with E-state index in [-0.39, 0.29) is 23.5 Å². The van der Waals surface area contributed by atoms with Crippen LogP contribution in [0.1, 0.15) is 24.4 Å². The zero-order valence-electron chi connectivity index (χ0n) is 18.5. The van der Waals surface area contributed by atoms with Gasteiger partial charge < -0.3 is 15.1 Å². The molecule has 0 radical (unpaired) electrons. The summed E-state index contributed by atoms with van der Waals surface area (Å²) in [6.45, 7) is 0.616. The zero-order valence-corrected chi connectivity index (χ0v) is 19.2. The molecule has 2 heterocycles. The first-order valence-electron chi connectivity index (χ1n) is 11.1. The van der Waals surface area contributed by atoms with Crippen LogP contribution in [-0.2, 0) is 4.79 Å². The molecule has 1 spiro atoms. The summed E-state index contributed by atoms with van der Waals surface area (Å²) in [5.74, 6) is -2.51. The van der Waals surface area contributed by atoms with Gasteiger partial charge in [0.1, 0.15) is 5.82 Å². The van der Waals surface area contributed by atoms with Gasteiger partial charge in [0.25, 0.3) is 0 Å². The smallest absolute Gasteiger partial charge is 0.321 e. The minimum absolute atomic E-state index is 0.0790. The highest BCUT2D eigenvalue weighted by atomic mass is 35.5. The van der Waals surface area contributed by atoms with Gasteiger partial charge in [0.2, 0.25) is 5.91 Å². The predicted octanol–water partition coefficient (Wildman–Crippen LogP) is 6.16. The number of hydrogen-bond acceptors (Lipinski definition) is 2. The lowest BCUT2D eigenvalue weighted by Gasteiger charge is -2.59. The third-order valence-electron chi connectivity index (χ3n) is 6.83. The SMILES string of the molecule is O=C(Nc1ccc(F)c(F)c1)N1CCC2(CC1)C(=O)N(c1ccc(F)cc1)C2c1ccc(Cl)cc1. The number of hydrogen-bond donors (Lipinski definition) is 1. The molecular formula is C26H21ClF3N3O2. The van der Waals surface area contributed by atoms with Gasteiger partial charge in [-0.2, -0.15) is 0 Å². The van der Waals surface area contributed by atoms with Gasteiger partial charge in [0, 0.05) is 35.6 Å². The quantitative estimate of drug-likeness (QED) is 0.439. The van der Waals surface area contributed by atoms with Gasteiger partial charge in [-0.1, -0.05) is 23.7 Å². The number of rotatable bonds is 3. The molecular weight excluding hydrogens is 479 g/mol.